The molecule has 1 aromatic rings. The van der Waals surface area contributed by atoms with E-state index in [2.05, 4.69) is 15.9 Å². The Morgan fingerprint density at radius 2 is 2.23 bits per heavy atom. The lowest BCUT2D eigenvalue weighted by Gasteiger charge is -2.04. The maximum Gasteiger partial charge on any atom is 0.176 e. The van der Waals surface area contributed by atoms with E-state index in [1.807, 2.05) is 0 Å². The number of benzene rings is 1. The van der Waals surface area contributed by atoms with E-state index in [1.165, 1.54) is 12.1 Å². The SMILES string of the molecule is CC(Br)C(=O)c1ccc(N)c(O)c1. The van der Waals surface area contributed by atoms with Crippen LogP contribution in [0.15, 0.2) is 18.2 Å². The van der Waals surface area contributed by atoms with Gasteiger partial charge in [-0.25, -0.2) is 0 Å². The number of nitrogen functional groups attached to an aromatic ring is 1. The van der Waals surface area contributed by atoms with Gasteiger partial charge < -0.3 is 10.8 Å². The van der Waals surface area contributed by atoms with Gasteiger partial charge >= 0.3 is 0 Å². The zero-order valence-corrected chi connectivity index (χ0v) is 8.71. The normalized spacial score (nSPS) is 12.5. The lowest BCUT2D eigenvalue weighted by Crippen LogP contribution is -2.09. The summed E-state index contributed by atoms with van der Waals surface area (Å²) in [6.45, 7) is 1.73. The van der Waals surface area contributed by atoms with E-state index in [4.69, 9.17) is 5.73 Å². The van der Waals surface area contributed by atoms with Crippen LogP contribution >= 0.6 is 15.9 Å². The van der Waals surface area contributed by atoms with E-state index < -0.39 is 0 Å². The largest absolute Gasteiger partial charge is 0.506 e. The summed E-state index contributed by atoms with van der Waals surface area (Å²) in [5, 5.41) is 9.24. The van der Waals surface area contributed by atoms with Gasteiger partial charge in [0.25, 0.3) is 0 Å². The Kier molecular flexibility index (Phi) is 2.93. The van der Waals surface area contributed by atoms with Crippen LogP contribution in [0.5, 0.6) is 5.75 Å². The van der Waals surface area contributed by atoms with Crippen LogP contribution in [0.1, 0.15) is 17.3 Å². The van der Waals surface area contributed by atoms with Crippen LogP contribution in [0.25, 0.3) is 0 Å². The third-order valence-electron chi connectivity index (χ3n) is 1.68. The van der Waals surface area contributed by atoms with Gasteiger partial charge in [-0.3, -0.25) is 4.79 Å². The number of alkyl halides is 1. The van der Waals surface area contributed by atoms with E-state index in [1.54, 1.807) is 13.0 Å². The van der Waals surface area contributed by atoms with Gasteiger partial charge in [-0.2, -0.15) is 0 Å². The first-order chi connectivity index (χ1) is 6.02. The Hall–Kier alpha value is -1.03. The van der Waals surface area contributed by atoms with Crippen molar-refractivity contribution in [2.45, 2.75) is 11.8 Å². The van der Waals surface area contributed by atoms with Gasteiger partial charge in [-0.05, 0) is 25.1 Å². The molecule has 1 atom stereocenters. The van der Waals surface area contributed by atoms with E-state index in [9.17, 15) is 9.90 Å². The number of rotatable bonds is 2. The number of hydrogen-bond donors (Lipinski definition) is 2. The molecule has 0 heterocycles. The minimum Gasteiger partial charge on any atom is -0.506 e. The molecular formula is C9H10BrNO2. The zero-order valence-electron chi connectivity index (χ0n) is 7.12. The second-order valence-corrected chi connectivity index (χ2v) is 4.13. The van der Waals surface area contributed by atoms with Crippen molar-refractivity contribution in [1.82, 2.24) is 0 Å². The average molecular weight is 244 g/mol. The van der Waals surface area contributed by atoms with Crippen LogP contribution in [0.2, 0.25) is 0 Å². The van der Waals surface area contributed by atoms with Crippen LogP contribution in [0.3, 0.4) is 0 Å². The molecule has 0 amide bonds. The Morgan fingerprint density at radius 3 is 2.69 bits per heavy atom. The van der Waals surface area contributed by atoms with Gasteiger partial charge in [0.15, 0.2) is 5.78 Å². The molecule has 0 radical (unpaired) electrons. The number of nitrogens with two attached hydrogens (primary N) is 1. The predicted molar refractivity (Wildman–Crippen MR) is 55.2 cm³/mol. The van der Waals surface area contributed by atoms with Gasteiger partial charge in [0.2, 0.25) is 0 Å². The number of phenols is 1. The minimum atomic E-state index is -0.254. The summed E-state index contributed by atoms with van der Waals surface area (Å²) >= 11 is 3.16. The molecule has 4 heteroatoms. The van der Waals surface area contributed by atoms with E-state index in [-0.39, 0.29) is 22.0 Å². The van der Waals surface area contributed by atoms with E-state index in [0.717, 1.165) is 0 Å². The number of halogens is 1. The molecular weight excluding hydrogens is 234 g/mol. The Balaban J connectivity index is 3.04. The van der Waals surface area contributed by atoms with Crippen LogP contribution in [-0.4, -0.2) is 15.7 Å². The van der Waals surface area contributed by atoms with Crippen molar-refractivity contribution < 1.29 is 9.90 Å². The van der Waals surface area contributed by atoms with Crippen molar-refractivity contribution in [2.75, 3.05) is 5.73 Å². The lowest BCUT2D eigenvalue weighted by atomic mass is 10.1. The summed E-state index contributed by atoms with van der Waals surface area (Å²) < 4.78 is 0. The Morgan fingerprint density at radius 1 is 1.62 bits per heavy atom. The fraction of sp³-hybridized carbons (Fsp3) is 0.222. The highest BCUT2D eigenvalue weighted by Crippen LogP contribution is 2.22. The molecule has 0 aliphatic rings. The van der Waals surface area contributed by atoms with Crippen molar-refractivity contribution in [2.24, 2.45) is 0 Å². The first-order valence-corrected chi connectivity index (χ1v) is 4.70. The third kappa shape index (κ3) is 2.21. The number of carbonyl (C=O) groups excluding carboxylic acids is 1. The summed E-state index contributed by atoms with van der Waals surface area (Å²) in [6.07, 6.45) is 0. The van der Waals surface area contributed by atoms with Crippen molar-refractivity contribution in [3.63, 3.8) is 0 Å². The molecule has 1 aromatic carbocycles. The Bertz CT molecular complexity index is 336. The smallest absolute Gasteiger partial charge is 0.176 e. The number of aromatic hydroxyl groups is 1. The van der Waals surface area contributed by atoms with E-state index >= 15 is 0 Å². The quantitative estimate of drug-likeness (QED) is 0.361. The second kappa shape index (κ2) is 3.79. The predicted octanol–water partition coefficient (Wildman–Crippen LogP) is 1.94. The zero-order chi connectivity index (χ0) is 10.0. The van der Waals surface area contributed by atoms with Gasteiger partial charge in [0.1, 0.15) is 5.75 Å². The van der Waals surface area contributed by atoms with Crippen LogP contribution in [-0.2, 0) is 0 Å². The van der Waals surface area contributed by atoms with Gasteiger partial charge in [0.05, 0.1) is 10.5 Å². The molecule has 70 valence electrons. The lowest BCUT2D eigenvalue weighted by molar-refractivity contribution is 0.0995. The summed E-state index contributed by atoms with van der Waals surface area (Å²) in [4.78, 5) is 11.2. The second-order valence-electron chi connectivity index (χ2n) is 2.75. The topological polar surface area (TPSA) is 63.3 Å². The number of phenolic OH excluding ortho intramolecular Hbond substituents is 1. The molecule has 3 N–H and O–H groups in total. The molecule has 0 aliphatic heterocycles. The van der Waals surface area contributed by atoms with Gasteiger partial charge in [0, 0.05) is 5.56 Å². The van der Waals surface area contributed by atoms with Crippen LogP contribution in [0.4, 0.5) is 5.69 Å². The number of anilines is 1. The highest BCUT2D eigenvalue weighted by Gasteiger charge is 2.12. The average Bonchev–Trinajstić information content (AvgIpc) is 2.08. The van der Waals surface area contributed by atoms with Crippen LogP contribution in [0, 0.1) is 0 Å². The molecule has 0 fully saturated rings. The van der Waals surface area contributed by atoms with Crippen molar-refractivity contribution >= 4 is 27.4 Å². The van der Waals surface area contributed by atoms with E-state index in [0.29, 0.717) is 5.56 Å². The summed E-state index contributed by atoms with van der Waals surface area (Å²) in [6, 6.07) is 4.47. The molecule has 0 saturated heterocycles. The van der Waals surface area contributed by atoms with Gasteiger partial charge in [-0.1, -0.05) is 15.9 Å². The molecule has 0 bridgehead atoms. The molecule has 1 rings (SSSR count). The Labute approximate surface area is 84.7 Å². The van der Waals surface area contributed by atoms with Crippen molar-refractivity contribution in [1.29, 1.82) is 0 Å². The summed E-state index contributed by atoms with van der Waals surface area (Å²) in [5.74, 6) is -0.130. The molecule has 0 saturated carbocycles. The number of Topliss-reactive ketones (excluding diaryl/α,β-unsaturated/α-hetero) is 1. The molecule has 0 aromatic heterocycles. The third-order valence-corrected chi connectivity index (χ3v) is 2.09. The summed E-state index contributed by atoms with van der Waals surface area (Å²) in [5.41, 5.74) is 6.12. The maximum atomic E-state index is 11.4. The number of hydrogen-bond acceptors (Lipinski definition) is 3. The molecule has 13 heavy (non-hydrogen) atoms. The highest BCUT2D eigenvalue weighted by molar-refractivity contribution is 9.10. The van der Waals surface area contributed by atoms with Gasteiger partial charge in [-0.15, -0.1) is 0 Å². The highest BCUT2D eigenvalue weighted by atomic mass is 79.9. The monoisotopic (exact) mass is 243 g/mol. The first kappa shape index (κ1) is 10.1. The standard InChI is InChI=1S/C9H10BrNO2/c1-5(10)9(13)6-2-3-7(11)8(12)4-6/h2-5,12H,11H2,1H3. The molecule has 3 nitrogen and oxygen atoms in total. The fourth-order valence-corrected chi connectivity index (χ4v) is 1.19. The van der Waals surface area contributed by atoms with Crippen molar-refractivity contribution in [3.8, 4) is 5.75 Å². The summed E-state index contributed by atoms with van der Waals surface area (Å²) in [7, 11) is 0. The molecule has 0 aliphatic carbocycles. The minimum absolute atomic E-state index is 0.0565. The van der Waals surface area contributed by atoms with Crippen molar-refractivity contribution in [3.05, 3.63) is 23.8 Å². The number of carbonyl (C=O) groups is 1. The van der Waals surface area contributed by atoms with Crippen LogP contribution < -0.4 is 5.73 Å². The maximum absolute atomic E-state index is 11.4. The number of ketones is 1. The molecule has 1 unspecified atom stereocenters. The fourth-order valence-electron chi connectivity index (χ4n) is 0.927. The molecule has 0 spiro atoms. The first-order valence-electron chi connectivity index (χ1n) is 3.79.